The van der Waals surface area contributed by atoms with Gasteiger partial charge in [-0.15, -0.1) is 0 Å². The van der Waals surface area contributed by atoms with E-state index in [-0.39, 0.29) is 24.5 Å². The number of carboxylic acid groups (broad SMARTS) is 1. The average Bonchev–Trinajstić information content (AvgIpc) is 2.77. The molecule has 0 unspecified atom stereocenters. The third-order valence-corrected chi connectivity index (χ3v) is 5.11. The van der Waals surface area contributed by atoms with Gasteiger partial charge >= 0.3 is 6.09 Å². The first-order valence-corrected chi connectivity index (χ1v) is 9.19. The van der Waals surface area contributed by atoms with Gasteiger partial charge in [0.15, 0.2) is 5.78 Å². The molecule has 3 rings (SSSR count). The van der Waals surface area contributed by atoms with Crippen LogP contribution in [0.4, 0.5) is 10.5 Å². The van der Waals surface area contributed by atoms with Crippen molar-refractivity contribution in [1.29, 1.82) is 0 Å². The zero-order chi connectivity index (χ0) is 18.5. The van der Waals surface area contributed by atoms with E-state index < -0.39 is 6.09 Å². The minimum Gasteiger partial charge on any atom is -0.465 e. The number of hydrogen-bond acceptors (Lipinski definition) is 4. The van der Waals surface area contributed by atoms with Gasteiger partial charge in [-0.3, -0.25) is 14.5 Å². The van der Waals surface area contributed by atoms with Gasteiger partial charge in [0.1, 0.15) is 0 Å². The van der Waals surface area contributed by atoms with Crippen molar-refractivity contribution in [3.63, 3.8) is 0 Å². The van der Waals surface area contributed by atoms with Crippen LogP contribution in [-0.2, 0) is 4.79 Å². The molecule has 0 aliphatic carbocycles. The lowest BCUT2D eigenvalue weighted by atomic mass is 10.1. The summed E-state index contributed by atoms with van der Waals surface area (Å²) in [4.78, 5) is 41.0. The molecule has 1 aromatic carbocycles. The lowest BCUT2D eigenvalue weighted by Crippen LogP contribution is -2.48. The van der Waals surface area contributed by atoms with Crippen molar-refractivity contribution in [3.8, 4) is 0 Å². The lowest BCUT2D eigenvalue weighted by Gasteiger charge is -2.33. The first-order chi connectivity index (χ1) is 12.6. The maximum atomic E-state index is 12.4. The third kappa shape index (κ3) is 4.22. The molecule has 2 aliphatic heterocycles. The largest absolute Gasteiger partial charge is 0.465 e. The first-order valence-electron chi connectivity index (χ1n) is 9.19. The highest BCUT2D eigenvalue weighted by Gasteiger charge is 2.26. The molecule has 0 aromatic heterocycles. The van der Waals surface area contributed by atoms with Crippen LogP contribution in [-0.4, -0.2) is 72.0 Å². The highest BCUT2D eigenvalue weighted by atomic mass is 16.4. The second-order valence-electron chi connectivity index (χ2n) is 6.80. The number of para-hydroxylation sites is 1. The number of nitrogens with zero attached hydrogens (tertiary/aromatic N) is 3. The maximum Gasteiger partial charge on any atom is 0.407 e. The minimum absolute atomic E-state index is 0.0124. The monoisotopic (exact) mass is 359 g/mol. The van der Waals surface area contributed by atoms with Crippen molar-refractivity contribution in [2.75, 3.05) is 44.2 Å². The molecule has 140 valence electrons. The van der Waals surface area contributed by atoms with E-state index in [1.54, 1.807) is 11.0 Å². The predicted octanol–water partition coefficient (Wildman–Crippen LogP) is 2.07. The molecule has 2 heterocycles. The number of hydrogen-bond donors (Lipinski definition) is 1. The van der Waals surface area contributed by atoms with Crippen LogP contribution in [0.15, 0.2) is 24.3 Å². The molecule has 26 heavy (non-hydrogen) atoms. The van der Waals surface area contributed by atoms with Gasteiger partial charge in [0.25, 0.3) is 0 Å². The molecule has 0 radical (unpaired) electrons. The van der Waals surface area contributed by atoms with Crippen LogP contribution >= 0.6 is 0 Å². The summed E-state index contributed by atoms with van der Waals surface area (Å²) >= 11 is 0. The Morgan fingerprint density at radius 1 is 0.962 bits per heavy atom. The van der Waals surface area contributed by atoms with Crippen LogP contribution in [0.25, 0.3) is 0 Å². The molecule has 1 fully saturated rings. The van der Waals surface area contributed by atoms with E-state index >= 15 is 0 Å². The number of ketones is 1. The number of fused-ring (bicyclic) bond motifs is 1. The Bertz CT molecular complexity index is 683. The van der Waals surface area contributed by atoms with E-state index in [1.807, 2.05) is 18.2 Å². The van der Waals surface area contributed by atoms with E-state index in [9.17, 15) is 14.4 Å². The lowest BCUT2D eigenvalue weighted by molar-refractivity contribution is -0.118. The molecule has 0 saturated carbocycles. The van der Waals surface area contributed by atoms with Gasteiger partial charge in [-0.25, -0.2) is 4.79 Å². The van der Waals surface area contributed by atoms with Crippen LogP contribution in [0.3, 0.4) is 0 Å². The zero-order valence-electron chi connectivity index (χ0n) is 14.9. The van der Waals surface area contributed by atoms with E-state index in [1.165, 1.54) is 4.90 Å². The van der Waals surface area contributed by atoms with Gasteiger partial charge in [0.2, 0.25) is 5.91 Å². The van der Waals surface area contributed by atoms with E-state index in [2.05, 4.69) is 4.90 Å². The summed E-state index contributed by atoms with van der Waals surface area (Å²) in [5, 5.41) is 8.98. The summed E-state index contributed by atoms with van der Waals surface area (Å²) < 4.78 is 0. The van der Waals surface area contributed by atoms with E-state index in [0.29, 0.717) is 25.2 Å². The van der Waals surface area contributed by atoms with Gasteiger partial charge in [-0.1, -0.05) is 12.1 Å². The highest BCUT2D eigenvalue weighted by Crippen LogP contribution is 2.27. The van der Waals surface area contributed by atoms with Crippen molar-refractivity contribution in [1.82, 2.24) is 9.80 Å². The number of piperazine rings is 1. The van der Waals surface area contributed by atoms with Gasteiger partial charge < -0.3 is 14.9 Å². The molecular formula is C19H25N3O4. The summed E-state index contributed by atoms with van der Waals surface area (Å²) in [6.07, 6.45) is 1.49. The minimum atomic E-state index is -0.850. The predicted molar refractivity (Wildman–Crippen MR) is 97.6 cm³/mol. The number of unbranched alkanes of at least 4 members (excludes halogenated alkanes) is 1. The van der Waals surface area contributed by atoms with E-state index in [4.69, 9.17) is 5.11 Å². The summed E-state index contributed by atoms with van der Waals surface area (Å²) in [5.41, 5.74) is 1.37. The molecule has 0 spiro atoms. The van der Waals surface area contributed by atoms with Crippen LogP contribution in [0.1, 0.15) is 36.0 Å². The number of anilines is 1. The van der Waals surface area contributed by atoms with Crippen LogP contribution in [0, 0.1) is 0 Å². The van der Waals surface area contributed by atoms with Crippen molar-refractivity contribution in [3.05, 3.63) is 29.8 Å². The van der Waals surface area contributed by atoms with Crippen molar-refractivity contribution < 1.29 is 19.5 Å². The SMILES string of the molecule is O=C1CCC(=O)N(CCCCN2CCN(C(=O)O)CC2)c2ccccc21. The van der Waals surface area contributed by atoms with Crippen molar-refractivity contribution in [2.45, 2.75) is 25.7 Å². The summed E-state index contributed by atoms with van der Waals surface area (Å²) in [5.74, 6) is 0.0473. The number of benzene rings is 1. The van der Waals surface area contributed by atoms with Gasteiger partial charge in [0, 0.05) is 51.1 Å². The molecule has 1 saturated heterocycles. The quantitative estimate of drug-likeness (QED) is 0.814. The average molecular weight is 359 g/mol. The van der Waals surface area contributed by atoms with Crippen LogP contribution in [0.5, 0.6) is 0 Å². The normalized spacial score (nSPS) is 18.6. The number of amides is 2. The molecule has 1 aromatic rings. The second kappa shape index (κ2) is 8.31. The fourth-order valence-corrected chi connectivity index (χ4v) is 3.58. The fourth-order valence-electron chi connectivity index (χ4n) is 3.58. The summed E-state index contributed by atoms with van der Waals surface area (Å²) in [6.45, 7) is 4.12. The van der Waals surface area contributed by atoms with Gasteiger partial charge in [-0.2, -0.15) is 0 Å². The Hall–Kier alpha value is -2.41. The standard InChI is InChI=1S/C19H25N3O4/c23-17-7-8-18(24)22(16-6-2-1-5-15(16)17)10-4-3-9-20-11-13-21(14-12-20)19(25)26/h1-2,5-6H,3-4,7-14H2,(H,25,26). The topological polar surface area (TPSA) is 81.2 Å². The molecular weight excluding hydrogens is 334 g/mol. The third-order valence-electron chi connectivity index (χ3n) is 5.11. The van der Waals surface area contributed by atoms with Crippen molar-refractivity contribution in [2.24, 2.45) is 0 Å². The number of carbonyl (C=O) groups excluding carboxylic acids is 2. The maximum absolute atomic E-state index is 12.4. The Morgan fingerprint density at radius 2 is 1.65 bits per heavy atom. The van der Waals surface area contributed by atoms with E-state index in [0.717, 1.165) is 38.2 Å². The Morgan fingerprint density at radius 3 is 2.38 bits per heavy atom. The first kappa shape index (κ1) is 18.4. The summed E-state index contributed by atoms with van der Waals surface area (Å²) in [7, 11) is 0. The number of rotatable bonds is 5. The Balaban J connectivity index is 1.50. The summed E-state index contributed by atoms with van der Waals surface area (Å²) in [6, 6.07) is 7.34. The molecule has 7 heteroatoms. The molecule has 7 nitrogen and oxygen atoms in total. The smallest absolute Gasteiger partial charge is 0.407 e. The Kier molecular flexibility index (Phi) is 5.88. The second-order valence-corrected chi connectivity index (χ2v) is 6.80. The molecule has 0 bridgehead atoms. The number of Topliss-reactive ketones (excluding diaryl/α,β-unsaturated/α-hetero) is 1. The van der Waals surface area contributed by atoms with Crippen molar-refractivity contribution >= 4 is 23.5 Å². The molecule has 2 aliphatic rings. The molecule has 2 amide bonds. The molecule has 1 N–H and O–H groups in total. The zero-order valence-corrected chi connectivity index (χ0v) is 14.9. The van der Waals surface area contributed by atoms with Crippen LogP contribution in [0.2, 0.25) is 0 Å². The number of carbonyl (C=O) groups is 3. The highest BCUT2D eigenvalue weighted by molar-refractivity contribution is 6.10. The fraction of sp³-hybridized carbons (Fsp3) is 0.526. The van der Waals surface area contributed by atoms with Gasteiger partial charge in [0.05, 0.1) is 5.69 Å². The Labute approximate surface area is 153 Å². The molecule has 0 atom stereocenters. The van der Waals surface area contributed by atoms with Crippen LogP contribution < -0.4 is 4.90 Å². The van der Waals surface area contributed by atoms with Gasteiger partial charge in [-0.05, 0) is 31.5 Å².